The summed E-state index contributed by atoms with van der Waals surface area (Å²) in [6.07, 6.45) is 3.04. The zero-order valence-electron chi connectivity index (χ0n) is 9.53. The van der Waals surface area contributed by atoms with Crippen LogP contribution in [0.4, 0.5) is 11.6 Å². The number of rotatable bonds is 5. The van der Waals surface area contributed by atoms with E-state index >= 15 is 0 Å². The molecule has 0 atom stereocenters. The number of nitrogens with two attached hydrogens (primary N) is 1. The van der Waals surface area contributed by atoms with Gasteiger partial charge in [-0.25, -0.2) is 9.97 Å². The van der Waals surface area contributed by atoms with Crippen LogP contribution in [-0.4, -0.2) is 28.2 Å². The quantitative estimate of drug-likeness (QED) is 0.648. The molecule has 0 aromatic carbocycles. The SMILES string of the molecule is Cc1c(N)nc(C2CC2)nc1NCCCO. The van der Waals surface area contributed by atoms with Crippen molar-refractivity contribution in [2.24, 2.45) is 0 Å². The normalized spacial score (nSPS) is 15.1. The smallest absolute Gasteiger partial charge is 0.136 e. The lowest BCUT2D eigenvalue weighted by Gasteiger charge is -2.11. The van der Waals surface area contributed by atoms with Crippen molar-refractivity contribution in [1.82, 2.24) is 9.97 Å². The molecule has 1 heterocycles. The van der Waals surface area contributed by atoms with Crippen LogP contribution in [-0.2, 0) is 0 Å². The molecule has 0 amide bonds. The third kappa shape index (κ3) is 2.41. The van der Waals surface area contributed by atoms with Gasteiger partial charge in [0.05, 0.1) is 0 Å². The highest BCUT2D eigenvalue weighted by molar-refractivity contribution is 5.55. The van der Waals surface area contributed by atoms with Gasteiger partial charge >= 0.3 is 0 Å². The molecule has 0 saturated heterocycles. The van der Waals surface area contributed by atoms with Gasteiger partial charge < -0.3 is 16.2 Å². The largest absolute Gasteiger partial charge is 0.396 e. The van der Waals surface area contributed by atoms with Gasteiger partial charge in [0, 0.05) is 24.6 Å². The van der Waals surface area contributed by atoms with Crippen molar-refractivity contribution in [1.29, 1.82) is 0 Å². The Kier molecular flexibility index (Phi) is 3.24. The minimum absolute atomic E-state index is 0.183. The Hall–Kier alpha value is -1.36. The molecule has 1 aliphatic rings. The summed E-state index contributed by atoms with van der Waals surface area (Å²) in [4.78, 5) is 8.78. The molecule has 1 aromatic rings. The van der Waals surface area contributed by atoms with E-state index in [1.54, 1.807) is 0 Å². The Morgan fingerprint density at radius 2 is 2.19 bits per heavy atom. The van der Waals surface area contributed by atoms with Gasteiger partial charge in [-0.05, 0) is 26.2 Å². The van der Waals surface area contributed by atoms with E-state index in [0.717, 1.165) is 17.2 Å². The van der Waals surface area contributed by atoms with Gasteiger partial charge in [0.15, 0.2) is 0 Å². The molecule has 0 unspecified atom stereocenters. The number of aliphatic hydroxyl groups excluding tert-OH is 1. The fraction of sp³-hybridized carbons (Fsp3) is 0.636. The number of aromatic nitrogens is 2. The van der Waals surface area contributed by atoms with E-state index in [1.807, 2.05) is 6.92 Å². The second kappa shape index (κ2) is 4.65. The summed E-state index contributed by atoms with van der Waals surface area (Å²) in [5, 5.41) is 11.9. The zero-order valence-corrected chi connectivity index (χ0v) is 9.53. The first-order valence-corrected chi connectivity index (χ1v) is 5.71. The van der Waals surface area contributed by atoms with Gasteiger partial charge in [-0.2, -0.15) is 0 Å². The van der Waals surface area contributed by atoms with Crippen molar-refractivity contribution < 1.29 is 5.11 Å². The molecule has 1 fully saturated rings. The minimum Gasteiger partial charge on any atom is -0.396 e. The number of nitrogens with one attached hydrogen (secondary N) is 1. The molecular formula is C11H18N4O. The average molecular weight is 222 g/mol. The van der Waals surface area contributed by atoms with Crippen LogP contribution in [0, 0.1) is 6.92 Å². The highest BCUT2D eigenvalue weighted by Crippen LogP contribution is 2.39. The molecule has 4 N–H and O–H groups in total. The fourth-order valence-electron chi connectivity index (χ4n) is 1.53. The van der Waals surface area contributed by atoms with E-state index in [9.17, 15) is 0 Å². The van der Waals surface area contributed by atoms with E-state index < -0.39 is 0 Å². The second-order valence-electron chi connectivity index (χ2n) is 4.22. The third-order valence-electron chi connectivity index (χ3n) is 2.77. The molecule has 1 saturated carbocycles. The van der Waals surface area contributed by atoms with Crippen LogP contribution in [0.5, 0.6) is 0 Å². The Bertz CT molecular complexity index is 376. The second-order valence-corrected chi connectivity index (χ2v) is 4.22. The van der Waals surface area contributed by atoms with E-state index in [0.29, 0.717) is 24.7 Å². The lowest BCUT2D eigenvalue weighted by molar-refractivity contribution is 0.292. The monoisotopic (exact) mass is 222 g/mol. The molecule has 1 aromatic heterocycles. The van der Waals surface area contributed by atoms with Crippen molar-refractivity contribution in [3.63, 3.8) is 0 Å². The molecule has 16 heavy (non-hydrogen) atoms. The molecule has 5 heteroatoms. The van der Waals surface area contributed by atoms with E-state index in [4.69, 9.17) is 10.8 Å². The highest BCUT2D eigenvalue weighted by atomic mass is 16.3. The van der Waals surface area contributed by atoms with Gasteiger partial charge in [-0.3, -0.25) is 0 Å². The first kappa shape index (κ1) is 11.1. The number of hydrogen-bond donors (Lipinski definition) is 3. The molecule has 1 aliphatic carbocycles. The summed E-state index contributed by atoms with van der Waals surface area (Å²) in [7, 11) is 0. The molecule has 5 nitrogen and oxygen atoms in total. The van der Waals surface area contributed by atoms with Gasteiger partial charge in [0.2, 0.25) is 0 Å². The van der Waals surface area contributed by atoms with Crippen molar-refractivity contribution in [3.8, 4) is 0 Å². The van der Waals surface area contributed by atoms with Crippen LogP contribution >= 0.6 is 0 Å². The van der Waals surface area contributed by atoms with E-state index in [-0.39, 0.29) is 6.61 Å². The maximum Gasteiger partial charge on any atom is 0.136 e. The Morgan fingerprint density at radius 3 is 2.81 bits per heavy atom. The minimum atomic E-state index is 0.183. The number of hydrogen-bond acceptors (Lipinski definition) is 5. The fourth-order valence-corrected chi connectivity index (χ4v) is 1.53. The summed E-state index contributed by atoms with van der Waals surface area (Å²) in [6, 6.07) is 0. The predicted octanol–water partition coefficient (Wildman–Crippen LogP) is 1.04. The van der Waals surface area contributed by atoms with Gasteiger partial charge in [-0.15, -0.1) is 0 Å². The molecule has 0 aliphatic heterocycles. The van der Waals surface area contributed by atoms with Crippen molar-refractivity contribution >= 4 is 11.6 Å². The number of aliphatic hydroxyl groups is 1. The van der Waals surface area contributed by atoms with Crippen LogP contribution in [0.2, 0.25) is 0 Å². The molecule has 2 rings (SSSR count). The maximum atomic E-state index is 8.72. The predicted molar refractivity (Wildman–Crippen MR) is 63.3 cm³/mol. The van der Waals surface area contributed by atoms with Crippen LogP contribution in [0.15, 0.2) is 0 Å². The van der Waals surface area contributed by atoms with Gasteiger partial charge in [0.1, 0.15) is 17.5 Å². The zero-order chi connectivity index (χ0) is 11.5. The lowest BCUT2D eigenvalue weighted by atomic mass is 10.3. The standard InChI is InChI=1S/C11H18N4O/c1-7-9(12)14-11(8-3-4-8)15-10(7)13-5-2-6-16/h8,16H,2-6H2,1H3,(H3,12,13,14,15). The topological polar surface area (TPSA) is 84.1 Å². The summed E-state index contributed by atoms with van der Waals surface area (Å²) in [5.74, 6) is 2.72. The lowest BCUT2D eigenvalue weighted by Crippen LogP contribution is -2.11. The first-order chi connectivity index (χ1) is 7.72. The van der Waals surface area contributed by atoms with Gasteiger partial charge in [-0.1, -0.05) is 0 Å². The Balaban J connectivity index is 2.14. The summed E-state index contributed by atoms with van der Waals surface area (Å²) >= 11 is 0. The van der Waals surface area contributed by atoms with Crippen molar-refractivity contribution in [3.05, 3.63) is 11.4 Å². The molecule has 0 bridgehead atoms. The first-order valence-electron chi connectivity index (χ1n) is 5.71. The van der Waals surface area contributed by atoms with E-state index in [2.05, 4.69) is 15.3 Å². The Morgan fingerprint density at radius 1 is 1.44 bits per heavy atom. The Labute approximate surface area is 95.1 Å². The van der Waals surface area contributed by atoms with Crippen molar-refractivity contribution in [2.45, 2.75) is 32.1 Å². The number of anilines is 2. The molecule has 88 valence electrons. The average Bonchev–Trinajstić information content (AvgIpc) is 3.08. The summed E-state index contributed by atoms with van der Waals surface area (Å²) < 4.78 is 0. The van der Waals surface area contributed by atoms with Crippen LogP contribution in [0.1, 0.15) is 36.6 Å². The summed E-state index contributed by atoms with van der Waals surface area (Å²) in [6.45, 7) is 2.80. The highest BCUT2D eigenvalue weighted by Gasteiger charge is 2.27. The van der Waals surface area contributed by atoms with Crippen molar-refractivity contribution in [2.75, 3.05) is 24.2 Å². The summed E-state index contributed by atoms with van der Waals surface area (Å²) in [5.41, 5.74) is 6.74. The third-order valence-corrected chi connectivity index (χ3v) is 2.77. The molecule has 0 radical (unpaired) electrons. The molecule has 0 spiro atoms. The van der Waals surface area contributed by atoms with Gasteiger partial charge in [0.25, 0.3) is 0 Å². The number of nitrogens with zero attached hydrogens (tertiary/aromatic N) is 2. The molecular weight excluding hydrogens is 204 g/mol. The van der Waals surface area contributed by atoms with Crippen LogP contribution in [0.25, 0.3) is 0 Å². The van der Waals surface area contributed by atoms with Crippen LogP contribution < -0.4 is 11.1 Å². The van der Waals surface area contributed by atoms with E-state index in [1.165, 1.54) is 12.8 Å². The number of nitrogen functional groups attached to an aromatic ring is 1. The van der Waals surface area contributed by atoms with Crippen LogP contribution in [0.3, 0.4) is 0 Å². The maximum absolute atomic E-state index is 8.72.